The Morgan fingerprint density at radius 1 is 1.59 bits per heavy atom. The molecule has 0 aliphatic heterocycles. The molecule has 0 aromatic heterocycles. The van der Waals surface area contributed by atoms with Gasteiger partial charge in [0.15, 0.2) is 0 Å². The second-order valence-corrected chi connectivity index (χ2v) is 3.93. The third-order valence-electron chi connectivity index (χ3n) is 2.60. The Morgan fingerprint density at radius 3 is 2.76 bits per heavy atom. The lowest BCUT2D eigenvalue weighted by Crippen LogP contribution is -2.31. The van der Waals surface area contributed by atoms with Gasteiger partial charge in [-0.2, -0.15) is 0 Å². The number of hydrogen-bond acceptors (Lipinski definition) is 3. The van der Waals surface area contributed by atoms with E-state index in [9.17, 15) is 9.18 Å². The molecule has 0 radical (unpaired) electrons. The topological polar surface area (TPSA) is 64.3 Å². The minimum absolute atomic E-state index is 0.0911. The van der Waals surface area contributed by atoms with Crippen molar-refractivity contribution in [1.82, 2.24) is 5.32 Å². The minimum Gasteiger partial charge on any atom is -0.398 e. The van der Waals surface area contributed by atoms with E-state index in [0.29, 0.717) is 12.1 Å². The first kappa shape index (κ1) is 13.4. The van der Waals surface area contributed by atoms with Gasteiger partial charge in [0.2, 0.25) is 0 Å². The second-order valence-electron chi connectivity index (χ2n) is 3.93. The van der Waals surface area contributed by atoms with Gasteiger partial charge in [-0.05, 0) is 26.0 Å². The number of hydrogen-bond donors (Lipinski definition) is 2. The number of ether oxygens (including phenoxy) is 1. The summed E-state index contributed by atoms with van der Waals surface area (Å²) in [6.45, 7) is 3.76. The first-order valence-corrected chi connectivity index (χ1v) is 5.32. The van der Waals surface area contributed by atoms with Crippen LogP contribution in [0.15, 0.2) is 12.1 Å². The summed E-state index contributed by atoms with van der Waals surface area (Å²) in [6, 6.07) is 2.64. The van der Waals surface area contributed by atoms with E-state index in [1.54, 1.807) is 14.0 Å². The van der Waals surface area contributed by atoms with E-state index in [2.05, 4.69) is 5.32 Å². The van der Waals surface area contributed by atoms with Gasteiger partial charge in [0.25, 0.3) is 5.91 Å². The Hall–Kier alpha value is -1.62. The molecule has 1 unspecified atom stereocenters. The van der Waals surface area contributed by atoms with Crippen molar-refractivity contribution in [3.05, 3.63) is 29.1 Å². The molecule has 0 aliphatic carbocycles. The number of halogens is 1. The summed E-state index contributed by atoms with van der Waals surface area (Å²) < 4.78 is 18.4. The number of benzene rings is 1. The van der Waals surface area contributed by atoms with Crippen molar-refractivity contribution in [3.63, 3.8) is 0 Å². The molecule has 5 heteroatoms. The van der Waals surface area contributed by atoms with E-state index in [0.717, 1.165) is 0 Å². The van der Waals surface area contributed by atoms with Crippen LogP contribution in [0, 0.1) is 12.7 Å². The van der Waals surface area contributed by atoms with Gasteiger partial charge >= 0.3 is 0 Å². The lowest BCUT2D eigenvalue weighted by Gasteiger charge is -2.11. The number of anilines is 1. The van der Waals surface area contributed by atoms with Crippen LogP contribution in [-0.4, -0.2) is 25.7 Å². The standard InChI is InChI=1S/C12H17FN2O2/c1-7(17-3)6-15-12(16)9-4-10(13)8(2)11(14)5-9/h4-5,7H,6,14H2,1-3H3,(H,15,16). The van der Waals surface area contributed by atoms with Gasteiger partial charge in [0.05, 0.1) is 6.10 Å². The molecule has 0 heterocycles. The maximum Gasteiger partial charge on any atom is 0.251 e. The van der Waals surface area contributed by atoms with E-state index in [1.807, 2.05) is 6.92 Å². The van der Waals surface area contributed by atoms with Gasteiger partial charge in [-0.25, -0.2) is 4.39 Å². The summed E-state index contributed by atoms with van der Waals surface area (Å²) in [6.07, 6.45) is -0.0911. The Morgan fingerprint density at radius 2 is 2.24 bits per heavy atom. The molecule has 17 heavy (non-hydrogen) atoms. The van der Waals surface area contributed by atoms with E-state index >= 15 is 0 Å². The van der Waals surface area contributed by atoms with Crippen molar-refractivity contribution >= 4 is 11.6 Å². The highest BCUT2D eigenvalue weighted by Crippen LogP contribution is 2.17. The highest BCUT2D eigenvalue weighted by atomic mass is 19.1. The van der Waals surface area contributed by atoms with E-state index in [1.165, 1.54) is 12.1 Å². The molecule has 1 rings (SSSR count). The number of rotatable bonds is 4. The first-order chi connectivity index (χ1) is 7.95. The Balaban J connectivity index is 2.76. The van der Waals surface area contributed by atoms with Crippen LogP contribution in [0.1, 0.15) is 22.8 Å². The van der Waals surface area contributed by atoms with Gasteiger partial charge < -0.3 is 15.8 Å². The number of amides is 1. The average molecular weight is 240 g/mol. The summed E-state index contributed by atoms with van der Waals surface area (Å²) in [5.74, 6) is -0.838. The maximum absolute atomic E-state index is 13.4. The fourth-order valence-electron chi connectivity index (χ4n) is 1.25. The molecule has 1 aromatic carbocycles. The van der Waals surface area contributed by atoms with Crippen LogP contribution in [0.25, 0.3) is 0 Å². The Bertz CT molecular complexity index is 398. The van der Waals surface area contributed by atoms with Gasteiger partial charge in [-0.15, -0.1) is 0 Å². The van der Waals surface area contributed by atoms with Crippen LogP contribution in [0.4, 0.5) is 10.1 Å². The fourth-order valence-corrected chi connectivity index (χ4v) is 1.25. The van der Waals surface area contributed by atoms with Gasteiger partial charge in [0, 0.05) is 30.5 Å². The third kappa shape index (κ3) is 3.42. The molecule has 0 bridgehead atoms. The van der Waals surface area contributed by atoms with E-state index in [-0.39, 0.29) is 23.3 Å². The molecule has 0 fully saturated rings. The molecule has 0 saturated carbocycles. The van der Waals surface area contributed by atoms with Crippen molar-refractivity contribution in [3.8, 4) is 0 Å². The molecule has 3 N–H and O–H groups in total. The zero-order valence-electron chi connectivity index (χ0n) is 10.2. The molecule has 0 spiro atoms. The largest absolute Gasteiger partial charge is 0.398 e. The quantitative estimate of drug-likeness (QED) is 0.783. The molecule has 4 nitrogen and oxygen atoms in total. The molecule has 0 aliphatic rings. The molecule has 1 aromatic rings. The average Bonchev–Trinajstić information content (AvgIpc) is 2.31. The van der Waals surface area contributed by atoms with Crippen molar-refractivity contribution in [2.24, 2.45) is 0 Å². The predicted octanol–water partition coefficient (Wildman–Crippen LogP) is 1.48. The van der Waals surface area contributed by atoms with Crippen LogP contribution >= 0.6 is 0 Å². The summed E-state index contributed by atoms with van der Waals surface area (Å²) in [5.41, 5.74) is 6.44. The normalized spacial score (nSPS) is 12.2. The van der Waals surface area contributed by atoms with Crippen LogP contribution in [0.3, 0.4) is 0 Å². The van der Waals surface area contributed by atoms with Crippen LogP contribution in [-0.2, 0) is 4.74 Å². The van der Waals surface area contributed by atoms with Crippen molar-refractivity contribution in [2.75, 3.05) is 19.4 Å². The Labute approximate surface area is 100.0 Å². The van der Waals surface area contributed by atoms with Gasteiger partial charge in [-0.1, -0.05) is 0 Å². The minimum atomic E-state index is -0.477. The summed E-state index contributed by atoms with van der Waals surface area (Å²) in [5, 5.41) is 2.64. The number of methoxy groups -OCH3 is 1. The number of carbonyl (C=O) groups is 1. The lowest BCUT2D eigenvalue weighted by molar-refractivity contribution is 0.0870. The third-order valence-corrected chi connectivity index (χ3v) is 2.60. The van der Waals surface area contributed by atoms with Crippen molar-refractivity contribution in [2.45, 2.75) is 20.0 Å². The summed E-state index contributed by atoms with van der Waals surface area (Å²) >= 11 is 0. The number of carbonyl (C=O) groups excluding carboxylic acids is 1. The van der Waals surface area contributed by atoms with Crippen LogP contribution in [0.2, 0.25) is 0 Å². The molecule has 1 amide bonds. The highest BCUT2D eigenvalue weighted by molar-refractivity contribution is 5.95. The summed E-state index contributed by atoms with van der Waals surface area (Å²) in [4.78, 5) is 11.7. The number of nitrogens with one attached hydrogen (secondary N) is 1. The van der Waals surface area contributed by atoms with Crippen LogP contribution < -0.4 is 11.1 Å². The van der Waals surface area contributed by atoms with Gasteiger partial charge in [-0.3, -0.25) is 4.79 Å². The predicted molar refractivity (Wildman–Crippen MR) is 64.4 cm³/mol. The zero-order valence-corrected chi connectivity index (χ0v) is 10.2. The van der Waals surface area contributed by atoms with Crippen molar-refractivity contribution < 1.29 is 13.9 Å². The summed E-state index contributed by atoms with van der Waals surface area (Å²) in [7, 11) is 1.56. The zero-order chi connectivity index (χ0) is 13.0. The molecule has 94 valence electrons. The van der Waals surface area contributed by atoms with E-state index in [4.69, 9.17) is 10.5 Å². The molecule has 0 saturated heterocycles. The highest BCUT2D eigenvalue weighted by Gasteiger charge is 2.11. The SMILES string of the molecule is COC(C)CNC(=O)c1cc(N)c(C)c(F)c1. The lowest BCUT2D eigenvalue weighted by atomic mass is 10.1. The molecular weight excluding hydrogens is 223 g/mol. The number of nitrogen functional groups attached to an aromatic ring is 1. The molecular formula is C12H17FN2O2. The molecule has 1 atom stereocenters. The second kappa shape index (κ2) is 5.63. The fraction of sp³-hybridized carbons (Fsp3) is 0.417. The van der Waals surface area contributed by atoms with E-state index < -0.39 is 5.82 Å². The van der Waals surface area contributed by atoms with Crippen molar-refractivity contribution in [1.29, 1.82) is 0 Å². The van der Waals surface area contributed by atoms with Crippen LogP contribution in [0.5, 0.6) is 0 Å². The monoisotopic (exact) mass is 240 g/mol. The first-order valence-electron chi connectivity index (χ1n) is 5.32. The smallest absolute Gasteiger partial charge is 0.251 e. The van der Waals surface area contributed by atoms with Gasteiger partial charge in [0.1, 0.15) is 5.82 Å². The number of nitrogens with two attached hydrogens (primary N) is 1. The Kier molecular flexibility index (Phi) is 4.45. The maximum atomic E-state index is 13.4.